The van der Waals surface area contributed by atoms with Gasteiger partial charge in [0.05, 0.1) is 0 Å². The second-order valence-electron chi connectivity index (χ2n) is 5.03. The van der Waals surface area contributed by atoms with Crippen LogP contribution in [0.4, 0.5) is 0 Å². The van der Waals surface area contributed by atoms with Crippen LogP contribution in [-0.2, 0) is 6.54 Å². The molecule has 0 aliphatic rings. The predicted molar refractivity (Wildman–Crippen MR) is 84.7 cm³/mol. The molecule has 0 atom stereocenters. The molecule has 3 rings (SSSR count). The van der Waals surface area contributed by atoms with E-state index < -0.39 is 0 Å². The van der Waals surface area contributed by atoms with Crippen LogP contribution in [0.2, 0.25) is 0 Å². The molecule has 2 heteroatoms. The van der Waals surface area contributed by atoms with Gasteiger partial charge in [0.25, 0.3) is 0 Å². The fraction of sp³-hybridized carbons (Fsp3) is 0.176. The van der Waals surface area contributed by atoms with Crippen LogP contribution < -0.4 is 0 Å². The Morgan fingerprint density at radius 2 is 1.84 bits per heavy atom. The molecule has 3 aromatic rings. The van der Waals surface area contributed by atoms with Gasteiger partial charge < -0.3 is 4.57 Å². The third kappa shape index (κ3) is 2.33. The standard InChI is InChI=1S/C17H16BrN/c1-12-6-7-14(10-13(12)2)11-19-9-8-15-16(18)4-3-5-17(15)19/h3-10H,11H2,1-2H3. The Kier molecular flexibility index (Phi) is 3.19. The molecule has 2 aromatic carbocycles. The molecule has 1 nitrogen and oxygen atoms in total. The van der Waals surface area contributed by atoms with Gasteiger partial charge in [0.1, 0.15) is 0 Å². The highest BCUT2D eigenvalue weighted by Crippen LogP contribution is 2.25. The smallest absolute Gasteiger partial charge is 0.0494 e. The molecule has 0 aliphatic carbocycles. The van der Waals surface area contributed by atoms with Gasteiger partial charge in [0.2, 0.25) is 0 Å². The summed E-state index contributed by atoms with van der Waals surface area (Å²) in [6.45, 7) is 5.24. The van der Waals surface area contributed by atoms with Crippen LogP contribution in [0.5, 0.6) is 0 Å². The summed E-state index contributed by atoms with van der Waals surface area (Å²) in [5.74, 6) is 0. The molecule has 0 aliphatic heterocycles. The minimum atomic E-state index is 0.918. The van der Waals surface area contributed by atoms with E-state index in [1.54, 1.807) is 0 Å². The lowest BCUT2D eigenvalue weighted by Gasteiger charge is -2.08. The first-order valence-electron chi connectivity index (χ1n) is 6.44. The van der Waals surface area contributed by atoms with Crippen molar-refractivity contribution < 1.29 is 0 Å². The highest BCUT2D eigenvalue weighted by atomic mass is 79.9. The second kappa shape index (κ2) is 4.86. The summed E-state index contributed by atoms with van der Waals surface area (Å²) in [6.07, 6.45) is 2.16. The van der Waals surface area contributed by atoms with E-state index in [-0.39, 0.29) is 0 Å². The summed E-state index contributed by atoms with van der Waals surface area (Å²) >= 11 is 3.60. The van der Waals surface area contributed by atoms with E-state index in [0.717, 1.165) is 11.0 Å². The molecule has 0 radical (unpaired) electrons. The minimum Gasteiger partial charge on any atom is -0.343 e. The lowest BCUT2D eigenvalue weighted by Crippen LogP contribution is -1.98. The van der Waals surface area contributed by atoms with Gasteiger partial charge in [-0.2, -0.15) is 0 Å². The number of halogens is 1. The first-order chi connectivity index (χ1) is 9.15. The largest absolute Gasteiger partial charge is 0.343 e. The molecule has 96 valence electrons. The number of aryl methyl sites for hydroxylation is 2. The van der Waals surface area contributed by atoms with Gasteiger partial charge in [-0.05, 0) is 48.7 Å². The summed E-state index contributed by atoms with van der Waals surface area (Å²) in [5, 5.41) is 1.27. The van der Waals surface area contributed by atoms with Crippen molar-refractivity contribution in [2.75, 3.05) is 0 Å². The Morgan fingerprint density at radius 1 is 1.00 bits per heavy atom. The molecule has 0 bridgehead atoms. The third-order valence-corrected chi connectivity index (χ3v) is 4.38. The topological polar surface area (TPSA) is 4.93 Å². The van der Waals surface area contributed by atoms with Crippen LogP contribution in [0.3, 0.4) is 0 Å². The lowest BCUT2D eigenvalue weighted by molar-refractivity contribution is 0.835. The Morgan fingerprint density at radius 3 is 2.63 bits per heavy atom. The number of aromatic nitrogens is 1. The minimum absolute atomic E-state index is 0.918. The van der Waals surface area contributed by atoms with Crippen LogP contribution in [0.25, 0.3) is 10.9 Å². The fourth-order valence-corrected chi connectivity index (χ4v) is 2.91. The van der Waals surface area contributed by atoms with Crippen molar-refractivity contribution in [2.24, 2.45) is 0 Å². The van der Waals surface area contributed by atoms with Crippen molar-refractivity contribution in [3.05, 3.63) is 69.8 Å². The molecule has 0 N–H and O–H groups in total. The van der Waals surface area contributed by atoms with Crippen LogP contribution >= 0.6 is 15.9 Å². The molecule has 0 saturated heterocycles. The third-order valence-electron chi connectivity index (χ3n) is 3.68. The number of hydrogen-bond donors (Lipinski definition) is 0. The molecule has 0 spiro atoms. The number of fused-ring (bicyclic) bond motifs is 1. The van der Waals surface area contributed by atoms with Gasteiger partial charge >= 0.3 is 0 Å². The zero-order valence-corrected chi connectivity index (χ0v) is 12.7. The quantitative estimate of drug-likeness (QED) is 0.622. The van der Waals surface area contributed by atoms with Gasteiger partial charge in [-0.1, -0.05) is 40.2 Å². The van der Waals surface area contributed by atoms with E-state index >= 15 is 0 Å². The molecular weight excluding hydrogens is 298 g/mol. The molecule has 0 fully saturated rings. The monoisotopic (exact) mass is 313 g/mol. The van der Waals surface area contributed by atoms with E-state index in [0.29, 0.717) is 0 Å². The van der Waals surface area contributed by atoms with Crippen LogP contribution in [0, 0.1) is 13.8 Å². The van der Waals surface area contributed by atoms with Crippen molar-refractivity contribution >= 4 is 26.8 Å². The Hall–Kier alpha value is -1.54. The molecule has 19 heavy (non-hydrogen) atoms. The number of benzene rings is 2. The van der Waals surface area contributed by atoms with Gasteiger partial charge in [-0.25, -0.2) is 0 Å². The van der Waals surface area contributed by atoms with E-state index in [1.165, 1.54) is 27.6 Å². The number of nitrogens with zero attached hydrogens (tertiary/aromatic N) is 1. The molecular formula is C17H16BrN. The molecule has 0 saturated carbocycles. The normalized spacial score (nSPS) is 11.1. The van der Waals surface area contributed by atoms with E-state index in [2.05, 4.69) is 83.0 Å². The highest BCUT2D eigenvalue weighted by Gasteiger charge is 2.04. The van der Waals surface area contributed by atoms with E-state index in [1.807, 2.05) is 0 Å². The van der Waals surface area contributed by atoms with Crippen molar-refractivity contribution in [3.8, 4) is 0 Å². The summed E-state index contributed by atoms with van der Waals surface area (Å²) < 4.78 is 3.45. The SMILES string of the molecule is Cc1ccc(Cn2ccc3c(Br)cccc32)cc1C. The first kappa shape index (κ1) is 12.5. The summed E-state index contributed by atoms with van der Waals surface area (Å²) in [5.41, 5.74) is 5.33. The number of hydrogen-bond acceptors (Lipinski definition) is 0. The Bertz CT molecular complexity index is 740. The van der Waals surface area contributed by atoms with Crippen molar-refractivity contribution in [1.82, 2.24) is 4.57 Å². The van der Waals surface area contributed by atoms with E-state index in [9.17, 15) is 0 Å². The highest BCUT2D eigenvalue weighted by molar-refractivity contribution is 9.10. The van der Waals surface area contributed by atoms with Crippen molar-refractivity contribution in [1.29, 1.82) is 0 Å². The summed E-state index contributed by atoms with van der Waals surface area (Å²) in [7, 11) is 0. The maximum atomic E-state index is 3.60. The van der Waals surface area contributed by atoms with Gasteiger partial charge in [0, 0.05) is 28.1 Å². The molecule has 0 amide bonds. The van der Waals surface area contributed by atoms with E-state index in [4.69, 9.17) is 0 Å². The molecule has 1 aromatic heterocycles. The lowest BCUT2D eigenvalue weighted by atomic mass is 10.1. The average Bonchev–Trinajstić information content (AvgIpc) is 2.79. The van der Waals surface area contributed by atoms with Gasteiger partial charge in [-0.15, -0.1) is 0 Å². The van der Waals surface area contributed by atoms with Crippen LogP contribution in [0.1, 0.15) is 16.7 Å². The Balaban J connectivity index is 2.01. The maximum absolute atomic E-state index is 3.60. The predicted octanol–water partition coefficient (Wildman–Crippen LogP) is 5.07. The zero-order chi connectivity index (χ0) is 13.4. The Labute approximate surface area is 122 Å². The van der Waals surface area contributed by atoms with Gasteiger partial charge in [0.15, 0.2) is 0 Å². The summed E-state index contributed by atoms with van der Waals surface area (Å²) in [6, 6.07) is 15.2. The molecule has 0 unspecified atom stereocenters. The van der Waals surface area contributed by atoms with Crippen LogP contribution in [-0.4, -0.2) is 4.57 Å². The fourth-order valence-electron chi connectivity index (χ4n) is 2.42. The number of rotatable bonds is 2. The van der Waals surface area contributed by atoms with Crippen molar-refractivity contribution in [3.63, 3.8) is 0 Å². The zero-order valence-electron chi connectivity index (χ0n) is 11.2. The van der Waals surface area contributed by atoms with Crippen LogP contribution in [0.15, 0.2) is 53.1 Å². The summed E-state index contributed by atoms with van der Waals surface area (Å²) in [4.78, 5) is 0. The van der Waals surface area contributed by atoms with Crippen molar-refractivity contribution in [2.45, 2.75) is 20.4 Å². The molecule has 1 heterocycles. The van der Waals surface area contributed by atoms with Gasteiger partial charge in [-0.3, -0.25) is 0 Å². The average molecular weight is 314 g/mol. The maximum Gasteiger partial charge on any atom is 0.0494 e. The second-order valence-corrected chi connectivity index (χ2v) is 5.89. The first-order valence-corrected chi connectivity index (χ1v) is 7.24.